The summed E-state index contributed by atoms with van der Waals surface area (Å²) in [6, 6.07) is -0.342. The summed E-state index contributed by atoms with van der Waals surface area (Å²) in [5.41, 5.74) is 0. The number of carboxylic acids is 1. The van der Waals surface area contributed by atoms with Crippen molar-refractivity contribution in [1.82, 2.24) is 15.5 Å². The quantitative estimate of drug-likeness (QED) is 0.444. The van der Waals surface area contributed by atoms with Crippen LogP contribution in [0.15, 0.2) is 0 Å². The third-order valence-electron chi connectivity index (χ3n) is 2.69. The molecular formula is C12H25N3O4. The topological polar surface area (TPSA) is 102 Å². The molecule has 7 nitrogen and oxygen atoms in total. The van der Waals surface area contributed by atoms with Crippen molar-refractivity contribution >= 4 is 12.0 Å². The minimum atomic E-state index is -1.43. The van der Waals surface area contributed by atoms with Gasteiger partial charge in [0.05, 0.1) is 0 Å². The molecule has 0 aromatic rings. The lowest BCUT2D eigenvalue weighted by atomic mass is 10.2. The van der Waals surface area contributed by atoms with Crippen LogP contribution >= 0.6 is 0 Å². The zero-order valence-electron chi connectivity index (χ0n) is 11.7. The number of nitrogens with zero attached hydrogens (tertiary/aromatic N) is 1. The fourth-order valence-corrected chi connectivity index (χ4v) is 1.58. The molecule has 0 bridgehead atoms. The molecule has 0 rings (SSSR count). The van der Waals surface area contributed by atoms with Crippen molar-refractivity contribution in [2.45, 2.75) is 32.8 Å². The van der Waals surface area contributed by atoms with Crippen LogP contribution in [0.3, 0.4) is 0 Å². The first-order valence-corrected chi connectivity index (χ1v) is 6.66. The van der Waals surface area contributed by atoms with E-state index in [1.54, 1.807) is 0 Å². The minimum Gasteiger partial charge on any atom is -0.479 e. The maximum atomic E-state index is 11.4. The summed E-state index contributed by atoms with van der Waals surface area (Å²) in [5, 5.41) is 22.6. The van der Waals surface area contributed by atoms with Crippen LogP contribution in [-0.4, -0.2) is 65.9 Å². The summed E-state index contributed by atoms with van der Waals surface area (Å²) in [6.45, 7) is 7.59. The number of nitrogens with one attached hydrogen (secondary N) is 2. The Bertz CT molecular complexity index is 274. The second-order valence-corrected chi connectivity index (χ2v) is 4.26. The Hall–Kier alpha value is -1.34. The van der Waals surface area contributed by atoms with Crippen molar-refractivity contribution in [3.05, 3.63) is 0 Å². The molecule has 0 saturated heterocycles. The Balaban J connectivity index is 3.61. The number of rotatable bonds is 10. The van der Waals surface area contributed by atoms with Crippen LogP contribution < -0.4 is 10.6 Å². The van der Waals surface area contributed by atoms with E-state index in [2.05, 4.69) is 29.4 Å². The molecular weight excluding hydrogens is 250 g/mol. The molecule has 0 fully saturated rings. The van der Waals surface area contributed by atoms with Gasteiger partial charge >= 0.3 is 12.0 Å². The van der Waals surface area contributed by atoms with Crippen LogP contribution in [0.2, 0.25) is 0 Å². The Morgan fingerprint density at radius 1 is 1.16 bits per heavy atom. The maximum absolute atomic E-state index is 11.4. The van der Waals surface area contributed by atoms with E-state index >= 15 is 0 Å². The van der Waals surface area contributed by atoms with Gasteiger partial charge in [-0.3, -0.25) is 0 Å². The lowest BCUT2D eigenvalue weighted by molar-refractivity contribution is -0.146. The number of carboxylic acid groups (broad SMARTS) is 1. The zero-order valence-corrected chi connectivity index (χ0v) is 11.7. The molecule has 112 valence electrons. The molecule has 2 amide bonds. The molecule has 19 heavy (non-hydrogen) atoms. The van der Waals surface area contributed by atoms with Gasteiger partial charge in [-0.1, -0.05) is 13.8 Å². The highest BCUT2D eigenvalue weighted by Gasteiger charge is 2.12. The summed E-state index contributed by atoms with van der Waals surface area (Å²) in [5.74, 6) is -1.28. The number of aliphatic carboxylic acids is 1. The number of carbonyl (C=O) groups excluding carboxylic acids is 1. The molecule has 4 N–H and O–H groups in total. The third-order valence-corrected chi connectivity index (χ3v) is 2.69. The number of hydrogen-bond donors (Lipinski definition) is 4. The molecule has 0 radical (unpaired) electrons. The maximum Gasteiger partial charge on any atom is 0.332 e. The molecule has 0 aliphatic heterocycles. The number of carbonyl (C=O) groups is 2. The van der Waals surface area contributed by atoms with Crippen LogP contribution in [-0.2, 0) is 4.79 Å². The van der Waals surface area contributed by atoms with E-state index in [0.29, 0.717) is 6.54 Å². The van der Waals surface area contributed by atoms with Gasteiger partial charge < -0.3 is 25.7 Å². The Morgan fingerprint density at radius 2 is 1.79 bits per heavy atom. The first kappa shape index (κ1) is 17.7. The number of urea groups is 1. The van der Waals surface area contributed by atoms with Gasteiger partial charge in [0.2, 0.25) is 0 Å². The summed E-state index contributed by atoms with van der Waals surface area (Å²) < 4.78 is 0. The van der Waals surface area contributed by atoms with Crippen LogP contribution in [0.4, 0.5) is 4.79 Å². The fourth-order valence-electron chi connectivity index (χ4n) is 1.58. The molecule has 0 aromatic carbocycles. The molecule has 1 unspecified atom stereocenters. The van der Waals surface area contributed by atoms with E-state index < -0.39 is 12.1 Å². The van der Waals surface area contributed by atoms with Crippen molar-refractivity contribution in [2.75, 3.05) is 32.7 Å². The molecule has 0 saturated carbocycles. The lowest BCUT2D eigenvalue weighted by Crippen LogP contribution is -2.41. The van der Waals surface area contributed by atoms with Crippen LogP contribution in [0.25, 0.3) is 0 Å². The van der Waals surface area contributed by atoms with E-state index in [4.69, 9.17) is 10.2 Å². The molecule has 7 heteroatoms. The number of amides is 2. The first-order valence-electron chi connectivity index (χ1n) is 6.66. The molecule has 0 spiro atoms. The minimum absolute atomic E-state index is 0.000324. The standard InChI is InChI=1S/C12H25N3O4/c1-3-8-15(4-2)9-7-14-12(19)13-6-5-10(16)11(17)18/h10,16H,3-9H2,1-2H3,(H,17,18)(H2,13,14,19). The summed E-state index contributed by atoms with van der Waals surface area (Å²) in [6.07, 6.45) is -0.354. The van der Waals surface area contributed by atoms with Crippen molar-refractivity contribution in [3.8, 4) is 0 Å². The monoisotopic (exact) mass is 275 g/mol. The molecule has 0 heterocycles. The van der Waals surface area contributed by atoms with Crippen molar-refractivity contribution in [3.63, 3.8) is 0 Å². The van der Waals surface area contributed by atoms with Gasteiger partial charge in [-0.2, -0.15) is 0 Å². The number of likely N-dealkylation sites (N-methyl/N-ethyl adjacent to an activating group) is 1. The van der Waals surface area contributed by atoms with Crippen molar-refractivity contribution < 1.29 is 19.8 Å². The molecule has 0 aliphatic carbocycles. The number of aliphatic hydroxyl groups is 1. The Labute approximate surface area is 114 Å². The molecule has 0 aliphatic rings. The van der Waals surface area contributed by atoms with E-state index in [9.17, 15) is 9.59 Å². The Kier molecular flexibility index (Phi) is 9.82. The van der Waals surface area contributed by atoms with Gasteiger partial charge in [0.15, 0.2) is 6.10 Å². The van der Waals surface area contributed by atoms with Crippen LogP contribution in [0.5, 0.6) is 0 Å². The van der Waals surface area contributed by atoms with E-state index in [-0.39, 0.29) is 19.0 Å². The summed E-state index contributed by atoms with van der Waals surface area (Å²) in [7, 11) is 0. The largest absolute Gasteiger partial charge is 0.479 e. The van der Waals surface area contributed by atoms with Gasteiger partial charge in [0.25, 0.3) is 0 Å². The predicted octanol–water partition coefficient (Wildman–Crippen LogP) is -0.147. The first-order chi connectivity index (χ1) is 9.01. The molecule has 1 atom stereocenters. The fraction of sp³-hybridized carbons (Fsp3) is 0.833. The van der Waals surface area contributed by atoms with Gasteiger partial charge in [-0.15, -0.1) is 0 Å². The van der Waals surface area contributed by atoms with E-state index in [1.165, 1.54) is 0 Å². The summed E-state index contributed by atoms with van der Waals surface area (Å²) >= 11 is 0. The second kappa shape index (κ2) is 10.6. The van der Waals surface area contributed by atoms with Gasteiger partial charge in [-0.05, 0) is 19.5 Å². The average Bonchev–Trinajstić information content (AvgIpc) is 2.37. The number of hydrogen-bond acceptors (Lipinski definition) is 4. The lowest BCUT2D eigenvalue weighted by Gasteiger charge is -2.19. The van der Waals surface area contributed by atoms with Gasteiger partial charge in [0.1, 0.15) is 0 Å². The highest BCUT2D eigenvalue weighted by molar-refractivity contribution is 5.74. The average molecular weight is 275 g/mol. The smallest absolute Gasteiger partial charge is 0.332 e. The number of aliphatic hydroxyl groups excluding tert-OH is 1. The SMILES string of the molecule is CCCN(CC)CCNC(=O)NCCC(O)C(=O)O. The van der Waals surface area contributed by atoms with E-state index in [0.717, 1.165) is 26.1 Å². The summed E-state index contributed by atoms with van der Waals surface area (Å²) in [4.78, 5) is 23.9. The van der Waals surface area contributed by atoms with E-state index in [1.807, 2.05) is 0 Å². The third kappa shape index (κ3) is 9.26. The van der Waals surface area contributed by atoms with Crippen molar-refractivity contribution in [1.29, 1.82) is 0 Å². The second-order valence-electron chi connectivity index (χ2n) is 4.26. The highest BCUT2D eigenvalue weighted by Crippen LogP contribution is 1.90. The van der Waals surface area contributed by atoms with Crippen molar-refractivity contribution in [2.24, 2.45) is 0 Å². The zero-order chi connectivity index (χ0) is 14.7. The van der Waals surface area contributed by atoms with Gasteiger partial charge in [-0.25, -0.2) is 9.59 Å². The Morgan fingerprint density at radius 3 is 2.32 bits per heavy atom. The van der Waals surface area contributed by atoms with Gasteiger partial charge in [0, 0.05) is 26.1 Å². The van der Waals surface area contributed by atoms with Crippen LogP contribution in [0.1, 0.15) is 26.7 Å². The highest BCUT2D eigenvalue weighted by atomic mass is 16.4. The predicted molar refractivity (Wildman–Crippen MR) is 72.1 cm³/mol. The molecule has 0 aromatic heterocycles. The van der Waals surface area contributed by atoms with Crippen LogP contribution in [0, 0.1) is 0 Å². The normalized spacial score (nSPS) is 12.2.